The van der Waals surface area contributed by atoms with Crippen LogP contribution in [0.15, 0.2) is 11.8 Å². The van der Waals surface area contributed by atoms with E-state index in [1.807, 2.05) is 6.08 Å². The van der Waals surface area contributed by atoms with Crippen LogP contribution in [-0.4, -0.2) is 30.5 Å². The molecule has 22 heavy (non-hydrogen) atoms. The highest BCUT2D eigenvalue weighted by molar-refractivity contribution is 7.80. The Balaban J connectivity index is 1.40. The predicted octanol–water partition coefficient (Wildman–Crippen LogP) is 2.76. The lowest BCUT2D eigenvalue weighted by Gasteiger charge is -2.22. The first-order valence-electron chi connectivity index (χ1n) is 8.31. The second-order valence-electron chi connectivity index (χ2n) is 5.75. The van der Waals surface area contributed by atoms with E-state index >= 15 is 0 Å². The number of allylic oxidation sites excluding steroid dienone is 1. The number of ether oxygens (including phenoxy) is 2. The number of thiocarbonyl (C=S) groups is 1. The molecule has 0 aromatic rings. The van der Waals surface area contributed by atoms with E-state index < -0.39 is 0 Å². The SMILES string of the molecule is O=C1NC(=S)N/C1=C\CCCCCCCOC1CCCCO1. The number of amides is 1. The van der Waals surface area contributed by atoms with Gasteiger partial charge < -0.3 is 14.8 Å². The summed E-state index contributed by atoms with van der Waals surface area (Å²) in [6, 6.07) is 0. The van der Waals surface area contributed by atoms with Gasteiger partial charge in [-0.15, -0.1) is 0 Å². The Morgan fingerprint density at radius 3 is 2.73 bits per heavy atom. The van der Waals surface area contributed by atoms with Gasteiger partial charge in [-0.2, -0.15) is 0 Å². The van der Waals surface area contributed by atoms with Crippen molar-refractivity contribution in [1.29, 1.82) is 0 Å². The molecule has 0 radical (unpaired) electrons. The smallest absolute Gasteiger partial charge is 0.273 e. The Bertz CT molecular complexity index is 406. The largest absolute Gasteiger partial charge is 0.353 e. The summed E-state index contributed by atoms with van der Waals surface area (Å²) < 4.78 is 11.2. The van der Waals surface area contributed by atoms with Gasteiger partial charge in [0, 0.05) is 13.2 Å². The summed E-state index contributed by atoms with van der Waals surface area (Å²) in [4.78, 5) is 11.4. The zero-order valence-electron chi connectivity index (χ0n) is 13.1. The minimum absolute atomic E-state index is 0.0384. The quantitative estimate of drug-likeness (QED) is 0.388. The summed E-state index contributed by atoms with van der Waals surface area (Å²) >= 11 is 4.88. The zero-order chi connectivity index (χ0) is 15.6. The van der Waals surface area contributed by atoms with Crippen LogP contribution in [-0.2, 0) is 14.3 Å². The normalized spacial score (nSPS) is 23.6. The van der Waals surface area contributed by atoms with Crippen LogP contribution in [0.1, 0.15) is 57.8 Å². The van der Waals surface area contributed by atoms with E-state index in [9.17, 15) is 4.79 Å². The molecule has 1 unspecified atom stereocenters. The van der Waals surface area contributed by atoms with Gasteiger partial charge in [-0.25, -0.2) is 0 Å². The van der Waals surface area contributed by atoms with Crippen LogP contribution < -0.4 is 10.6 Å². The fourth-order valence-electron chi connectivity index (χ4n) is 2.61. The molecule has 1 atom stereocenters. The minimum atomic E-state index is -0.118. The molecule has 2 fully saturated rings. The number of hydrogen-bond donors (Lipinski definition) is 2. The molecule has 2 aliphatic rings. The average molecular weight is 326 g/mol. The first-order valence-corrected chi connectivity index (χ1v) is 8.72. The van der Waals surface area contributed by atoms with Gasteiger partial charge in [-0.1, -0.05) is 25.3 Å². The van der Waals surface area contributed by atoms with Crippen molar-refractivity contribution in [2.24, 2.45) is 0 Å². The molecule has 2 saturated heterocycles. The highest BCUT2D eigenvalue weighted by atomic mass is 32.1. The first-order chi connectivity index (χ1) is 10.8. The molecule has 0 spiro atoms. The molecule has 0 aliphatic carbocycles. The second kappa shape index (κ2) is 9.92. The van der Waals surface area contributed by atoms with Crippen LogP contribution in [0, 0.1) is 0 Å². The second-order valence-corrected chi connectivity index (χ2v) is 6.16. The number of nitrogens with one attached hydrogen (secondary N) is 2. The molecule has 2 heterocycles. The number of carbonyl (C=O) groups is 1. The van der Waals surface area contributed by atoms with Crippen molar-refractivity contribution in [3.8, 4) is 0 Å². The summed E-state index contributed by atoms with van der Waals surface area (Å²) in [5.41, 5.74) is 0.589. The molecular formula is C16H26N2O3S. The Kier molecular flexibility index (Phi) is 7.83. The maximum atomic E-state index is 11.4. The number of hydrogen-bond acceptors (Lipinski definition) is 4. The topological polar surface area (TPSA) is 59.6 Å². The molecule has 6 heteroatoms. The van der Waals surface area contributed by atoms with Gasteiger partial charge in [-0.05, 0) is 50.7 Å². The summed E-state index contributed by atoms with van der Waals surface area (Å²) in [5.74, 6) is -0.118. The van der Waals surface area contributed by atoms with Gasteiger partial charge in [0.15, 0.2) is 11.4 Å². The van der Waals surface area contributed by atoms with Crippen molar-refractivity contribution < 1.29 is 14.3 Å². The van der Waals surface area contributed by atoms with Crippen LogP contribution in [0.5, 0.6) is 0 Å². The summed E-state index contributed by atoms with van der Waals surface area (Å²) in [5, 5.41) is 5.82. The maximum Gasteiger partial charge on any atom is 0.273 e. The third kappa shape index (κ3) is 6.42. The van der Waals surface area contributed by atoms with E-state index in [4.69, 9.17) is 21.7 Å². The lowest BCUT2D eigenvalue weighted by molar-refractivity contribution is -0.162. The van der Waals surface area contributed by atoms with E-state index in [-0.39, 0.29) is 12.2 Å². The maximum absolute atomic E-state index is 11.4. The van der Waals surface area contributed by atoms with E-state index in [0.717, 1.165) is 38.9 Å². The standard InChI is InChI=1S/C16H26N2O3S/c19-15-13(17-16(22)18-15)9-5-3-1-2-4-7-11-20-14-10-6-8-12-21-14/h9,14H,1-8,10-12H2,(H2,17,18,19,22)/b13-9-. The van der Waals surface area contributed by atoms with Gasteiger partial charge >= 0.3 is 0 Å². The molecule has 124 valence electrons. The number of carbonyl (C=O) groups excluding carboxylic acids is 1. The molecule has 5 nitrogen and oxygen atoms in total. The molecule has 0 saturated carbocycles. The Morgan fingerprint density at radius 1 is 1.18 bits per heavy atom. The summed E-state index contributed by atoms with van der Waals surface area (Å²) in [7, 11) is 0. The Labute approximate surface area is 137 Å². The van der Waals surface area contributed by atoms with Crippen LogP contribution in [0.2, 0.25) is 0 Å². The minimum Gasteiger partial charge on any atom is -0.353 e. The highest BCUT2D eigenvalue weighted by Gasteiger charge is 2.19. The number of unbranched alkanes of at least 4 members (excludes halogenated alkanes) is 5. The van der Waals surface area contributed by atoms with Gasteiger partial charge in [0.1, 0.15) is 5.70 Å². The highest BCUT2D eigenvalue weighted by Crippen LogP contribution is 2.14. The third-order valence-corrected chi connectivity index (χ3v) is 4.06. The van der Waals surface area contributed by atoms with Crippen molar-refractivity contribution in [2.45, 2.75) is 64.1 Å². The van der Waals surface area contributed by atoms with E-state index in [2.05, 4.69) is 10.6 Å². The summed E-state index contributed by atoms with van der Waals surface area (Å²) in [6.07, 6.45) is 12.1. The van der Waals surface area contributed by atoms with E-state index in [1.165, 1.54) is 32.1 Å². The summed E-state index contributed by atoms with van der Waals surface area (Å²) in [6.45, 7) is 1.65. The molecule has 1 amide bonds. The van der Waals surface area contributed by atoms with Crippen LogP contribution in [0.3, 0.4) is 0 Å². The molecular weight excluding hydrogens is 300 g/mol. The first kappa shape index (κ1) is 17.4. The average Bonchev–Trinajstić information content (AvgIpc) is 2.84. The van der Waals surface area contributed by atoms with Crippen LogP contribution in [0.4, 0.5) is 0 Å². The third-order valence-electron chi connectivity index (χ3n) is 3.86. The van der Waals surface area contributed by atoms with Crippen LogP contribution in [0.25, 0.3) is 0 Å². The molecule has 2 rings (SSSR count). The van der Waals surface area contributed by atoms with Gasteiger partial charge in [-0.3, -0.25) is 10.1 Å². The molecule has 0 bridgehead atoms. The van der Waals surface area contributed by atoms with E-state index in [0.29, 0.717) is 10.8 Å². The van der Waals surface area contributed by atoms with Crippen molar-refractivity contribution >= 4 is 23.2 Å². The van der Waals surface area contributed by atoms with E-state index in [1.54, 1.807) is 0 Å². The van der Waals surface area contributed by atoms with Crippen molar-refractivity contribution in [2.75, 3.05) is 13.2 Å². The molecule has 0 aromatic heterocycles. The fourth-order valence-corrected chi connectivity index (χ4v) is 2.81. The lowest BCUT2D eigenvalue weighted by atomic mass is 10.1. The monoisotopic (exact) mass is 326 g/mol. The number of rotatable bonds is 9. The van der Waals surface area contributed by atoms with Crippen molar-refractivity contribution in [1.82, 2.24) is 10.6 Å². The Hall–Kier alpha value is -0.980. The molecule has 2 N–H and O–H groups in total. The fraction of sp³-hybridized carbons (Fsp3) is 0.750. The molecule has 0 aromatic carbocycles. The zero-order valence-corrected chi connectivity index (χ0v) is 13.9. The van der Waals surface area contributed by atoms with Gasteiger partial charge in [0.25, 0.3) is 5.91 Å². The van der Waals surface area contributed by atoms with Crippen molar-refractivity contribution in [3.05, 3.63) is 11.8 Å². The predicted molar refractivity (Wildman–Crippen MR) is 89.2 cm³/mol. The lowest BCUT2D eigenvalue weighted by Crippen LogP contribution is -2.22. The van der Waals surface area contributed by atoms with Gasteiger partial charge in [0.2, 0.25) is 0 Å². The van der Waals surface area contributed by atoms with Gasteiger partial charge in [0.05, 0.1) is 0 Å². The van der Waals surface area contributed by atoms with Crippen LogP contribution >= 0.6 is 12.2 Å². The molecule has 2 aliphatic heterocycles. The Morgan fingerprint density at radius 2 is 2.00 bits per heavy atom. The van der Waals surface area contributed by atoms with Crippen molar-refractivity contribution in [3.63, 3.8) is 0 Å².